The van der Waals surface area contributed by atoms with Crippen molar-refractivity contribution in [3.63, 3.8) is 0 Å². The number of sulfonamides is 1. The quantitative estimate of drug-likeness (QED) is 0.205. The molecule has 0 aliphatic heterocycles. The van der Waals surface area contributed by atoms with Gasteiger partial charge >= 0.3 is 6.09 Å². The number of hydrogen-bond donors (Lipinski definition) is 5. The zero-order chi connectivity index (χ0) is 27.5. The number of phenols is 1. The second-order valence-corrected chi connectivity index (χ2v) is 10.5. The van der Waals surface area contributed by atoms with Gasteiger partial charge in [0.2, 0.25) is 0 Å². The molecule has 3 rings (SSSR count). The predicted octanol–water partition coefficient (Wildman–Crippen LogP) is 3.72. The van der Waals surface area contributed by atoms with Crippen LogP contribution in [-0.2, 0) is 21.2 Å². The van der Waals surface area contributed by atoms with Crippen LogP contribution in [0.2, 0.25) is 0 Å². The molecule has 0 saturated carbocycles. The Morgan fingerprint density at radius 1 is 0.921 bits per heavy atom. The van der Waals surface area contributed by atoms with Crippen molar-refractivity contribution < 1.29 is 32.9 Å². The standard InChI is InChI=1S/C27H33N3O7S/c1-19(2)37-27(33)29-21-7-13-26(14-8-21)38(34,35)30-22-5-3-20(4-6-22)15-16-28-17-24(32)18-36-25-11-9-23(31)10-12-25/h3-14,19,24,28,30-32H,15-18H2,1-2H3,(H,29,33)/t24-/m0/s1. The number of benzene rings is 3. The number of aliphatic hydroxyl groups is 1. The monoisotopic (exact) mass is 543 g/mol. The number of aromatic hydroxyl groups is 1. The number of aliphatic hydroxyl groups excluding tert-OH is 1. The van der Waals surface area contributed by atoms with Gasteiger partial charge in [0, 0.05) is 17.9 Å². The van der Waals surface area contributed by atoms with Crippen molar-refractivity contribution >= 4 is 27.5 Å². The van der Waals surface area contributed by atoms with Crippen LogP contribution in [-0.4, -0.2) is 56.6 Å². The molecule has 5 N–H and O–H groups in total. The van der Waals surface area contributed by atoms with Gasteiger partial charge in [-0.15, -0.1) is 0 Å². The van der Waals surface area contributed by atoms with E-state index in [4.69, 9.17) is 9.47 Å². The maximum Gasteiger partial charge on any atom is 0.411 e. The molecule has 0 unspecified atom stereocenters. The molecule has 0 saturated heterocycles. The molecular formula is C27H33N3O7S. The predicted molar refractivity (Wildman–Crippen MR) is 145 cm³/mol. The van der Waals surface area contributed by atoms with Crippen molar-refractivity contribution in [3.05, 3.63) is 78.4 Å². The van der Waals surface area contributed by atoms with Crippen LogP contribution in [0.3, 0.4) is 0 Å². The molecule has 1 atom stereocenters. The minimum absolute atomic E-state index is 0.0569. The lowest BCUT2D eigenvalue weighted by Gasteiger charge is -2.13. The van der Waals surface area contributed by atoms with E-state index in [9.17, 15) is 23.4 Å². The van der Waals surface area contributed by atoms with Crippen LogP contribution >= 0.6 is 0 Å². The van der Waals surface area contributed by atoms with Gasteiger partial charge in [0.25, 0.3) is 10.0 Å². The zero-order valence-corrected chi connectivity index (χ0v) is 22.1. The molecule has 0 aliphatic rings. The number of phenolic OH excluding ortho intramolecular Hbond substituents is 1. The Bertz CT molecular complexity index is 1260. The molecule has 0 fully saturated rings. The summed E-state index contributed by atoms with van der Waals surface area (Å²) in [6, 6.07) is 19.1. The van der Waals surface area contributed by atoms with Crippen LogP contribution in [0.5, 0.6) is 11.5 Å². The van der Waals surface area contributed by atoms with Crippen LogP contribution < -0.4 is 20.1 Å². The summed E-state index contributed by atoms with van der Waals surface area (Å²) in [6.07, 6.45) is -0.886. The first kappa shape index (κ1) is 28.8. The smallest absolute Gasteiger partial charge is 0.411 e. The van der Waals surface area contributed by atoms with Crippen molar-refractivity contribution in [1.82, 2.24) is 5.32 Å². The molecule has 1 amide bonds. The van der Waals surface area contributed by atoms with Gasteiger partial charge in [-0.1, -0.05) is 12.1 Å². The van der Waals surface area contributed by atoms with Crippen LogP contribution in [0, 0.1) is 0 Å². The molecule has 0 heterocycles. The first-order valence-electron chi connectivity index (χ1n) is 12.1. The fraction of sp³-hybridized carbons (Fsp3) is 0.296. The van der Waals surface area contributed by atoms with E-state index in [2.05, 4.69) is 15.4 Å². The van der Waals surface area contributed by atoms with E-state index in [1.807, 2.05) is 12.1 Å². The van der Waals surface area contributed by atoms with Crippen molar-refractivity contribution in [1.29, 1.82) is 0 Å². The molecule has 0 radical (unpaired) electrons. The van der Waals surface area contributed by atoms with Crippen LogP contribution in [0.1, 0.15) is 19.4 Å². The molecule has 10 nitrogen and oxygen atoms in total. The molecule has 0 bridgehead atoms. The Kier molecular flexibility index (Phi) is 10.3. The number of nitrogens with one attached hydrogen (secondary N) is 3. The van der Waals surface area contributed by atoms with Crippen LogP contribution in [0.25, 0.3) is 0 Å². The third-order valence-corrected chi connectivity index (χ3v) is 6.61. The third kappa shape index (κ3) is 9.58. The minimum Gasteiger partial charge on any atom is -0.508 e. The first-order valence-corrected chi connectivity index (χ1v) is 13.6. The van der Waals surface area contributed by atoms with Crippen LogP contribution in [0.15, 0.2) is 77.7 Å². The van der Waals surface area contributed by atoms with Crippen molar-refractivity contribution in [3.8, 4) is 11.5 Å². The van der Waals surface area contributed by atoms with Crippen molar-refractivity contribution in [2.75, 3.05) is 29.7 Å². The van der Waals surface area contributed by atoms with E-state index < -0.39 is 22.2 Å². The number of carbonyl (C=O) groups is 1. The van der Waals surface area contributed by atoms with E-state index in [-0.39, 0.29) is 23.4 Å². The lowest BCUT2D eigenvalue weighted by atomic mass is 10.1. The molecule has 0 aliphatic carbocycles. The molecule has 38 heavy (non-hydrogen) atoms. The highest BCUT2D eigenvalue weighted by atomic mass is 32.2. The zero-order valence-electron chi connectivity index (χ0n) is 21.3. The Morgan fingerprint density at radius 3 is 2.18 bits per heavy atom. The van der Waals surface area contributed by atoms with Crippen molar-refractivity contribution in [2.45, 2.75) is 37.4 Å². The molecule has 11 heteroatoms. The average Bonchev–Trinajstić information content (AvgIpc) is 2.87. The summed E-state index contributed by atoms with van der Waals surface area (Å²) in [4.78, 5) is 11.7. The van der Waals surface area contributed by atoms with Gasteiger partial charge in [-0.3, -0.25) is 10.0 Å². The lowest BCUT2D eigenvalue weighted by Crippen LogP contribution is -2.32. The molecular weight excluding hydrogens is 510 g/mol. The van der Waals surface area contributed by atoms with Gasteiger partial charge in [-0.05, 0) is 93.0 Å². The van der Waals surface area contributed by atoms with E-state index in [1.165, 1.54) is 36.4 Å². The van der Waals surface area contributed by atoms with Gasteiger partial charge in [0.1, 0.15) is 24.2 Å². The number of hydrogen-bond acceptors (Lipinski definition) is 8. The Balaban J connectivity index is 1.41. The summed E-state index contributed by atoms with van der Waals surface area (Å²) in [5.41, 5.74) is 1.84. The second kappa shape index (κ2) is 13.7. The Hall–Kier alpha value is -3.80. The summed E-state index contributed by atoms with van der Waals surface area (Å²) in [5.74, 6) is 0.714. The van der Waals surface area contributed by atoms with Gasteiger partial charge in [0.15, 0.2) is 0 Å². The van der Waals surface area contributed by atoms with Gasteiger partial charge in [0.05, 0.1) is 11.0 Å². The summed E-state index contributed by atoms with van der Waals surface area (Å²) in [6.45, 7) is 4.55. The summed E-state index contributed by atoms with van der Waals surface area (Å²) in [5, 5.41) is 25.0. The summed E-state index contributed by atoms with van der Waals surface area (Å²) >= 11 is 0. The molecule has 204 valence electrons. The largest absolute Gasteiger partial charge is 0.508 e. The highest BCUT2D eigenvalue weighted by molar-refractivity contribution is 7.92. The Morgan fingerprint density at radius 2 is 1.55 bits per heavy atom. The average molecular weight is 544 g/mol. The highest BCUT2D eigenvalue weighted by Gasteiger charge is 2.15. The lowest BCUT2D eigenvalue weighted by molar-refractivity contribution is 0.106. The molecule has 3 aromatic carbocycles. The van der Waals surface area contributed by atoms with E-state index in [0.29, 0.717) is 36.6 Å². The topological polar surface area (TPSA) is 146 Å². The van der Waals surface area contributed by atoms with E-state index >= 15 is 0 Å². The minimum atomic E-state index is -3.81. The SMILES string of the molecule is CC(C)OC(=O)Nc1ccc(S(=O)(=O)Nc2ccc(CCNC[C@H](O)COc3ccc(O)cc3)cc2)cc1. The molecule has 3 aromatic rings. The van der Waals surface area contributed by atoms with Gasteiger partial charge in [-0.25, -0.2) is 13.2 Å². The fourth-order valence-electron chi connectivity index (χ4n) is 3.33. The number of carbonyl (C=O) groups excluding carboxylic acids is 1. The van der Waals surface area contributed by atoms with Crippen LogP contribution in [0.4, 0.5) is 16.2 Å². The molecule has 0 aromatic heterocycles. The van der Waals surface area contributed by atoms with Gasteiger partial charge in [-0.2, -0.15) is 0 Å². The number of anilines is 2. The third-order valence-electron chi connectivity index (χ3n) is 5.21. The van der Waals surface area contributed by atoms with Crippen molar-refractivity contribution in [2.24, 2.45) is 0 Å². The van der Waals surface area contributed by atoms with E-state index in [0.717, 1.165) is 5.56 Å². The molecule has 0 spiro atoms. The summed E-state index contributed by atoms with van der Waals surface area (Å²) < 4.78 is 38.5. The summed E-state index contributed by atoms with van der Waals surface area (Å²) in [7, 11) is -3.81. The fourth-order valence-corrected chi connectivity index (χ4v) is 4.39. The Labute approximate surface area is 222 Å². The second-order valence-electron chi connectivity index (χ2n) is 8.82. The normalized spacial score (nSPS) is 12.1. The number of ether oxygens (including phenoxy) is 2. The maximum atomic E-state index is 12.7. The number of rotatable bonds is 13. The first-order chi connectivity index (χ1) is 18.1. The van der Waals surface area contributed by atoms with Gasteiger partial charge < -0.3 is 25.0 Å². The number of amides is 1. The maximum absolute atomic E-state index is 12.7. The highest BCUT2D eigenvalue weighted by Crippen LogP contribution is 2.19. The van der Waals surface area contributed by atoms with E-state index in [1.54, 1.807) is 38.1 Å².